The van der Waals surface area contributed by atoms with Gasteiger partial charge in [-0.05, 0) is 33.1 Å². The first-order valence-electron chi connectivity index (χ1n) is 12.2. The SMILES string of the molecule is C=C(C)C(=O)OC(CCCCCCCCCCCCC)C(CC)(OCC(C)O)C(N)=O. The highest BCUT2D eigenvalue weighted by atomic mass is 16.6. The first kappa shape index (κ1) is 29.6. The molecule has 1 amide bonds. The van der Waals surface area contributed by atoms with E-state index in [1.807, 2.05) is 0 Å². The van der Waals surface area contributed by atoms with Crippen molar-refractivity contribution in [3.8, 4) is 0 Å². The van der Waals surface area contributed by atoms with Gasteiger partial charge in [-0.1, -0.05) is 84.6 Å². The van der Waals surface area contributed by atoms with Gasteiger partial charge >= 0.3 is 5.97 Å². The van der Waals surface area contributed by atoms with Crippen LogP contribution in [0, 0.1) is 0 Å². The van der Waals surface area contributed by atoms with Gasteiger partial charge < -0.3 is 20.3 Å². The summed E-state index contributed by atoms with van der Waals surface area (Å²) in [5.74, 6) is -1.24. The Bertz CT molecular complexity index is 520. The first-order valence-corrected chi connectivity index (χ1v) is 12.2. The fourth-order valence-corrected chi connectivity index (χ4v) is 3.71. The van der Waals surface area contributed by atoms with Gasteiger partial charge in [0.2, 0.25) is 0 Å². The van der Waals surface area contributed by atoms with Gasteiger partial charge in [0.25, 0.3) is 5.91 Å². The number of rotatable bonds is 20. The van der Waals surface area contributed by atoms with Crippen LogP contribution in [0.1, 0.15) is 111 Å². The molecule has 0 saturated heterocycles. The largest absolute Gasteiger partial charge is 0.455 e. The zero-order chi connectivity index (χ0) is 23.7. The molecule has 6 heteroatoms. The van der Waals surface area contributed by atoms with Crippen LogP contribution in [0.15, 0.2) is 12.2 Å². The predicted molar refractivity (Wildman–Crippen MR) is 126 cm³/mol. The Morgan fingerprint density at radius 2 is 1.45 bits per heavy atom. The highest BCUT2D eigenvalue weighted by Crippen LogP contribution is 2.29. The van der Waals surface area contributed by atoms with E-state index in [1.165, 1.54) is 51.4 Å². The van der Waals surface area contributed by atoms with E-state index in [0.717, 1.165) is 19.3 Å². The van der Waals surface area contributed by atoms with Crippen LogP contribution in [0.5, 0.6) is 0 Å². The summed E-state index contributed by atoms with van der Waals surface area (Å²) in [6, 6.07) is 0. The average molecular weight is 442 g/mol. The van der Waals surface area contributed by atoms with Crippen molar-refractivity contribution < 1.29 is 24.2 Å². The number of carbonyl (C=O) groups excluding carboxylic acids is 2. The number of ether oxygens (including phenoxy) is 2. The topological polar surface area (TPSA) is 98.8 Å². The molecule has 3 N–H and O–H groups in total. The van der Waals surface area contributed by atoms with E-state index in [2.05, 4.69) is 13.5 Å². The molecule has 0 aliphatic rings. The number of primary amides is 1. The van der Waals surface area contributed by atoms with E-state index in [0.29, 0.717) is 6.42 Å². The third-order valence-electron chi connectivity index (χ3n) is 5.71. The quantitative estimate of drug-likeness (QED) is 0.154. The van der Waals surface area contributed by atoms with Crippen LogP contribution in [-0.4, -0.2) is 41.4 Å². The Morgan fingerprint density at radius 3 is 1.84 bits per heavy atom. The second kappa shape index (κ2) is 17.2. The number of hydrogen-bond acceptors (Lipinski definition) is 5. The van der Waals surface area contributed by atoms with Crippen LogP contribution in [0.25, 0.3) is 0 Å². The molecule has 3 atom stereocenters. The van der Waals surface area contributed by atoms with Crippen molar-refractivity contribution in [2.24, 2.45) is 5.73 Å². The zero-order valence-corrected chi connectivity index (χ0v) is 20.4. The number of unbranched alkanes of at least 4 members (excludes halogenated alkanes) is 10. The summed E-state index contributed by atoms with van der Waals surface area (Å²) in [6.45, 7) is 10.7. The fourth-order valence-electron chi connectivity index (χ4n) is 3.71. The molecule has 0 aromatic rings. The molecule has 0 bridgehead atoms. The molecule has 0 aliphatic heterocycles. The second-order valence-electron chi connectivity index (χ2n) is 8.77. The molecule has 0 aliphatic carbocycles. The van der Waals surface area contributed by atoms with Gasteiger partial charge in [-0.15, -0.1) is 0 Å². The molecule has 0 aromatic carbocycles. The molecule has 0 saturated carbocycles. The van der Waals surface area contributed by atoms with E-state index < -0.39 is 29.7 Å². The normalized spacial score (nSPS) is 15.1. The minimum absolute atomic E-state index is 0.0594. The van der Waals surface area contributed by atoms with Gasteiger partial charge in [0.05, 0.1) is 12.7 Å². The van der Waals surface area contributed by atoms with Crippen LogP contribution in [-0.2, 0) is 19.1 Å². The lowest BCUT2D eigenvalue weighted by molar-refractivity contribution is -0.184. The summed E-state index contributed by atoms with van der Waals surface area (Å²) in [6.07, 6.45) is 12.4. The van der Waals surface area contributed by atoms with E-state index in [1.54, 1.807) is 20.8 Å². The Kier molecular flexibility index (Phi) is 16.4. The van der Waals surface area contributed by atoms with Gasteiger partial charge in [0.1, 0.15) is 6.10 Å². The molecule has 0 spiro atoms. The summed E-state index contributed by atoms with van der Waals surface area (Å²) in [7, 11) is 0. The summed E-state index contributed by atoms with van der Waals surface area (Å²) in [5, 5.41) is 9.62. The van der Waals surface area contributed by atoms with E-state index in [4.69, 9.17) is 15.2 Å². The van der Waals surface area contributed by atoms with Crippen molar-refractivity contribution in [2.45, 2.75) is 129 Å². The van der Waals surface area contributed by atoms with Crippen molar-refractivity contribution in [2.75, 3.05) is 6.61 Å². The minimum Gasteiger partial charge on any atom is -0.455 e. The van der Waals surface area contributed by atoms with Gasteiger partial charge in [0, 0.05) is 5.57 Å². The van der Waals surface area contributed by atoms with Crippen LogP contribution < -0.4 is 5.73 Å². The lowest BCUT2D eigenvalue weighted by Crippen LogP contribution is -2.57. The smallest absolute Gasteiger partial charge is 0.333 e. The monoisotopic (exact) mass is 441 g/mol. The molecule has 3 unspecified atom stereocenters. The fraction of sp³-hybridized carbons (Fsp3) is 0.840. The molecule has 0 aromatic heterocycles. The van der Waals surface area contributed by atoms with E-state index in [9.17, 15) is 14.7 Å². The number of nitrogens with two attached hydrogens (primary N) is 1. The molecule has 0 radical (unpaired) electrons. The maximum atomic E-state index is 12.4. The maximum absolute atomic E-state index is 12.4. The minimum atomic E-state index is -1.46. The maximum Gasteiger partial charge on any atom is 0.333 e. The van der Waals surface area contributed by atoms with Crippen molar-refractivity contribution in [3.05, 3.63) is 12.2 Å². The van der Waals surface area contributed by atoms with E-state index >= 15 is 0 Å². The van der Waals surface area contributed by atoms with Crippen LogP contribution in [0.4, 0.5) is 0 Å². The van der Waals surface area contributed by atoms with Crippen molar-refractivity contribution in [1.29, 1.82) is 0 Å². The number of esters is 1. The highest BCUT2D eigenvalue weighted by Gasteiger charge is 2.46. The second-order valence-corrected chi connectivity index (χ2v) is 8.77. The summed E-state index contributed by atoms with van der Waals surface area (Å²) < 4.78 is 11.4. The standard InChI is InChI=1S/C25H47NO5/c1-6-8-9-10-11-12-13-14-15-16-17-18-22(31-23(28)20(3)4)25(7-2,24(26)29)30-19-21(5)27/h21-22,27H,3,6-19H2,1-2,4-5H3,(H2,26,29). The van der Waals surface area contributed by atoms with Gasteiger partial charge in [-0.2, -0.15) is 0 Å². The molecule has 0 rings (SSSR count). The third-order valence-corrected chi connectivity index (χ3v) is 5.71. The van der Waals surface area contributed by atoms with Gasteiger partial charge in [-0.3, -0.25) is 4.79 Å². The number of carbonyl (C=O) groups is 2. The summed E-state index contributed by atoms with van der Waals surface area (Å²) in [5.41, 5.74) is 4.49. The van der Waals surface area contributed by atoms with Crippen LogP contribution in [0.2, 0.25) is 0 Å². The van der Waals surface area contributed by atoms with Gasteiger partial charge in [-0.25, -0.2) is 4.79 Å². The van der Waals surface area contributed by atoms with Crippen molar-refractivity contribution in [3.63, 3.8) is 0 Å². The average Bonchev–Trinajstić information content (AvgIpc) is 2.71. The van der Waals surface area contributed by atoms with Crippen molar-refractivity contribution >= 4 is 11.9 Å². The predicted octanol–water partition coefficient (Wildman–Crippen LogP) is 5.21. The van der Waals surface area contributed by atoms with Crippen LogP contribution >= 0.6 is 0 Å². The molecular formula is C25H47NO5. The Labute approximate surface area is 189 Å². The van der Waals surface area contributed by atoms with Gasteiger partial charge in [0.15, 0.2) is 5.60 Å². The zero-order valence-electron chi connectivity index (χ0n) is 20.4. The lowest BCUT2D eigenvalue weighted by atomic mass is 9.88. The Morgan fingerprint density at radius 1 is 0.968 bits per heavy atom. The molecule has 182 valence electrons. The number of aliphatic hydroxyl groups excluding tert-OH is 1. The molecular weight excluding hydrogens is 394 g/mol. The molecule has 0 heterocycles. The highest BCUT2D eigenvalue weighted by molar-refractivity contribution is 5.88. The molecule has 6 nitrogen and oxygen atoms in total. The summed E-state index contributed by atoms with van der Waals surface area (Å²) in [4.78, 5) is 24.6. The van der Waals surface area contributed by atoms with Crippen LogP contribution in [0.3, 0.4) is 0 Å². The lowest BCUT2D eigenvalue weighted by Gasteiger charge is -2.37. The molecule has 0 fully saturated rings. The number of hydrogen-bond donors (Lipinski definition) is 2. The van der Waals surface area contributed by atoms with E-state index in [-0.39, 0.29) is 18.6 Å². The summed E-state index contributed by atoms with van der Waals surface area (Å²) >= 11 is 0. The first-order chi connectivity index (χ1) is 14.7. The number of amides is 1. The molecule has 31 heavy (non-hydrogen) atoms. The Hall–Kier alpha value is -1.40. The Balaban J connectivity index is 4.71. The number of aliphatic hydroxyl groups is 1. The van der Waals surface area contributed by atoms with Crippen molar-refractivity contribution in [1.82, 2.24) is 0 Å². The third kappa shape index (κ3) is 12.3.